The highest BCUT2D eigenvalue weighted by atomic mass is 16.2. The maximum Gasteiger partial charge on any atom is 0.321 e. The van der Waals surface area contributed by atoms with Gasteiger partial charge in [-0.05, 0) is 44.0 Å². The van der Waals surface area contributed by atoms with Crippen LogP contribution in [0.1, 0.15) is 35.1 Å². The van der Waals surface area contributed by atoms with Crippen molar-refractivity contribution in [2.75, 3.05) is 18.4 Å². The Morgan fingerprint density at radius 3 is 2.38 bits per heavy atom. The number of nitrogens with zero attached hydrogens (tertiary/aromatic N) is 2. The van der Waals surface area contributed by atoms with Crippen molar-refractivity contribution in [2.24, 2.45) is 4.99 Å². The zero-order valence-corrected chi connectivity index (χ0v) is 17.1. The van der Waals surface area contributed by atoms with Crippen molar-refractivity contribution in [1.82, 2.24) is 10.2 Å². The number of aliphatic imine (C=N–C) groups is 1. The summed E-state index contributed by atoms with van der Waals surface area (Å²) in [6, 6.07) is 13.6. The molecular weight excluding hydrogens is 364 g/mol. The number of hydrogen-bond acceptors (Lipinski definition) is 3. The first-order chi connectivity index (χ1) is 13.8. The highest BCUT2D eigenvalue weighted by Gasteiger charge is 2.42. The Morgan fingerprint density at radius 2 is 1.72 bits per heavy atom. The normalized spacial score (nSPS) is 17.8. The van der Waals surface area contributed by atoms with Gasteiger partial charge in [0.15, 0.2) is 0 Å². The summed E-state index contributed by atoms with van der Waals surface area (Å²) in [5, 5.41) is 6.03. The van der Waals surface area contributed by atoms with Crippen LogP contribution in [0, 0.1) is 20.8 Å². The van der Waals surface area contributed by atoms with E-state index < -0.39 is 5.66 Å². The van der Waals surface area contributed by atoms with Crippen molar-refractivity contribution in [3.05, 3.63) is 64.7 Å². The van der Waals surface area contributed by atoms with Gasteiger partial charge in [-0.2, -0.15) is 0 Å². The Hall–Kier alpha value is -3.15. The molecule has 2 aliphatic rings. The van der Waals surface area contributed by atoms with Gasteiger partial charge in [0.05, 0.1) is 0 Å². The minimum atomic E-state index is -0.603. The summed E-state index contributed by atoms with van der Waals surface area (Å²) >= 11 is 0. The lowest BCUT2D eigenvalue weighted by Crippen LogP contribution is -2.53. The first-order valence-electron chi connectivity index (χ1n) is 9.98. The summed E-state index contributed by atoms with van der Waals surface area (Å²) in [5.41, 5.74) is 5.00. The highest BCUT2D eigenvalue weighted by Crippen LogP contribution is 2.29. The molecule has 150 valence electrons. The first-order valence-corrected chi connectivity index (χ1v) is 9.98. The number of piperidine rings is 1. The number of aryl methyl sites for hydroxylation is 3. The van der Waals surface area contributed by atoms with Gasteiger partial charge in [-0.3, -0.25) is 9.79 Å². The molecule has 0 aliphatic carbocycles. The lowest BCUT2D eigenvalue weighted by atomic mass is 9.98. The minimum absolute atomic E-state index is 0.116. The molecule has 2 N–H and O–H groups in total. The molecule has 0 atom stereocenters. The molecule has 1 saturated heterocycles. The fraction of sp³-hybridized carbons (Fsp3) is 0.348. The van der Waals surface area contributed by atoms with Gasteiger partial charge in [-0.25, -0.2) is 4.79 Å². The smallest absolute Gasteiger partial charge is 0.321 e. The minimum Gasteiger partial charge on any atom is -0.326 e. The topological polar surface area (TPSA) is 73.8 Å². The molecule has 29 heavy (non-hydrogen) atoms. The van der Waals surface area contributed by atoms with Crippen LogP contribution in [0.5, 0.6) is 0 Å². The zero-order valence-electron chi connectivity index (χ0n) is 17.1. The van der Waals surface area contributed by atoms with Gasteiger partial charge in [-0.1, -0.05) is 35.9 Å². The summed E-state index contributed by atoms with van der Waals surface area (Å²) in [5.74, 6) is -0.137. The molecule has 1 spiro atoms. The predicted octanol–water partition coefficient (Wildman–Crippen LogP) is 3.55. The maximum atomic E-state index is 12.6. The molecule has 2 aromatic rings. The van der Waals surface area contributed by atoms with Gasteiger partial charge < -0.3 is 15.5 Å². The van der Waals surface area contributed by atoms with Gasteiger partial charge >= 0.3 is 6.03 Å². The van der Waals surface area contributed by atoms with Gasteiger partial charge in [0.25, 0.3) is 5.91 Å². The van der Waals surface area contributed by atoms with Crippen LogP contribution < -0.4 is 10.6 Å². The molecule has 3 amide bonds. The fourth-order valence-corrected chi connectivity index (χ4v) is 3.81. The van der Waals surface area contributed by atoms with Crippen LogP contribution in [0.4, 0.5) is 10.5 Å². The quantitative estimate of drug-likeness (QED) is 0.823. The van der Waals surface area contributed by atoms with E-state index >= 15 is 0 Å². The number of carbonyl (C=O) groups is 2. The number of amides is 3. The summed E-state index contributed by atoms with van der Waals surface area (Å²) in [6.45, 7) is 7.18. The molecule has 6 heteroatoms. The molecule has 0 bridgehead atoms. The number of hydrogen-bond donors (Lipinski definition) is 2. The van der Waals surface area contributed by atoms with Crippen molar-refractivity contribution in [2.45, 2.75) is 39.3 Å². The third kappa shape index (κ3) is 3.88. The standard InChI is InChI=1S/C23H26N4O2/c1-15-4-7-18(8-5-15)20-21(28)26-23(25-20)10-12-27(13-11-23)22(29)24-19-9-6-16(2)17(3)14-19/h4-9,14H,10-13H2,1-3H3,(H,24,29)(H,26,28). The maximum absolute atomic E-state index is 12.6. The first kappa shape index (κ1) is 19.2. The lowest BCUT2D eigenvalue weighted by Gasteiger charge is -2.37. The van der Waals surface area contributed by atoms with Crippen molar-refractivity contribution in [3.63, 3.8) is 0 Å². The molecule has 0 unspecified atom stereocenters. The molecule has 4 rings (SSSR count). The monoisotopic (exact) mass is 390 g/mol. The number of likely N-dealkylation sites (tertiary alicyclic amines) is 1. The van der Waals surface area contributed by atoms with Crippen LogP contribution >= 0.6 is 0 Å². The second kappa shape index (κ2) is 7.35. The van der Waals surface area contributed by atoms with Gasteiger partial charge in [0, 0.05) is 37.2 Å². The average Bonchev–Trinajstić information content (AvgIpc) is 3.01. The number of nitrogens with one attached hydrogen (secondary N) is 2. The second-order valence-corrected chi connectivity index (χ2v) is 8.03. The van der Waals surface area contributed by atoms with Crippen LogP contribution in [-0.4, -0.2) is 41.3 Å². The number of carbonyl (C=O) groups excluding carboxylic acids is 2. The Bertz CT molecular complexity index is 986. The molecule has 6 nitrogen and oxygen atoms in total. The Morgan fingerprint density at radius 1 is 1.03 bits per heavy atom. The van der Waals surface area contributed by atoms with Crippen LogP contribution in [0.15, 0.2) is 47.5 Å². The molecule has 0 aromatic heterocycles. The molecule has 0 radical (unpaired) electrons. The van der Waals surface area contributed by atoms with Crippen molar-refractivity contribution < 1.29 is 9.59 Å². The van der Waals surface area contributed by atoms with Crippen molar-refractivity contribution >= 4 is 23.3 Å². The van der Waals surface area contributed by atoms with Crippen molar-refractivity contribution in [3.8, 4) is 0 Å². The molecular formula is C23H26N4O2. The van der Waals surface area contributed by atoms with E-state index in [9.17, 15) is 9.59 Å². The van der Waals surface area contributed by atoms with E-state index in [1.165, 1.54) is 5.56 Å². The number of urea groups is 1. The molecule has 0 saturated carbocycles. The average molecular weight is 390 g/mol. The highest BCUT2D eigenvalue weighted by molar-refractivity contribution is 6.46. The van der Waals surface area contributed by atoms with Crippen molar-refractivity contribution in [1.29, 1.82) is 0 Å². The lowest BCUT2D eigenvalue weighted by molar-refractivity contribution is -0.115. The third-order valence-corrected chi connectivity index (χ3v) is 5.85. The van der Waals surface area contributed by atoms with Crippen LogP contribution in [0.2, 0.25) is 0 Å². The van der Waals surface area contributed by atoms with Crippen LogP contribution in [0.25, 0.3) is 0 Å². The molecule has 2 aliphatic heterocycles. The molecule has 1 fully saturated rings. The number of anilines is 1. The van der Waals surface area contributed by atoms with E-state index in [1.807, 2.05) is 63.2 Å². The zero-order chi connectivity index (χ0) is 20.6. The number of benzene rings is 2. The molecule has 2 heterocycles. The third-order valence-electron chi connectivity index (χ3n) is 5.85. The second-order valence-electron chi connectivity index (χ2n) is 8.03. The largest absolute Gasteiger partial charge is 0.326 e. The van der Waals surface area contributed by atoms with Gasteiger partial charge in [0.2, 0.25) is 0 Å². The Balaban J connectivity index is 1.42. The number of rotatable bonds is 2. The summed E-state index contributed by atoms with van der Waals surface area (Å²) < 4.78 is 0. The predicted molar refractivity (Wildman–Crippen MR) is 114 cm³/mol. The Labute approximate surface area is 171 Å². The van der Waals surface area contributed by atoms with E-state index in [0.717, 1.165) is 22.4 Å². The summed E-state index contributed by atoms with van der Waals surface area (Å²) in [4.78, 5) is 31.7. The van der Waals surface area contributed by atoms with E-state index in [4.69, 9.17) is 4.99 Å². The SMILES string of the molecule is Cc1ccc(C2=NC3(CCN(C(=O)Nc4ccc(C)c(C)c4)CC3)NC2=O)cc1. The van der Waals surface area contributed by atoms with E-state index in [1.54, 1.807) is 4.90 Å². The van der Waals surface area contributed by atoms with Gasteiger partial charge in [-0.15, -0.1) is 0 Å². The summed E-state index contributed by atoms with van der Waals surface area (Å²) in [6.07, 6.45) is 1.21. The van der Waals surface area contributed by atoms with E-state index in [0.29, 0.717) is 31.6 Å². The van der Waals surface area contributed by atoms with E-state index in [-0.39, 0.29) is 11.9 Å². The Kier molecular flexibility index (Phi) is 4.86. The fourth-order valence-electron chi connectivity index (χ4n) is 3.81. The van der Waals surface area contributed by atoms with E-state index in [2.05, 4.69) is 10.6 Å². The van der Waals surface area contributed by atoms with Crippen LogP contribution in [0.3, 0.4) is 0 Å². The van der Waals surface area contributed by atoms with Gasteiger partial charge in [0.1, 0.15) is 11.4 Å². The molecule has 2 aromatic carbocycles. The van der Waals surface area contributed by atoms with Crippen LogP contribution in [-0.2, 0) is 4.79 Å². The summed E-state index contributed by atoms with van der Waals surface area (Å²) in [7, 11) is 0.